The van der Waals surface area contributed by atoms with Crippen LogP contribution in [-0.4, -0.2) is 58.2 Å². The molecule has 2 atom stereocenters. The summed E-state index contributed by atoms with van der Waals surface area (Å²) in [7, 11) is -3.73. The number of esters is 1. The molecule has 160 valence electrons. The van der Waals surface area contributed by atoms with Gasteiger partial charge in [-0.25, -0.2) is 28.2 Å². The number of benzene rings is 1. The molecule has 0 spiro atoms. The second kappa shape index (κ2) is 7.75. The third-order valence-electron chi connectivity index (χ3n) is 4.45. The number of nitrogens with one attached hydrogen (secondary N) is 3. The lowest BCUT2D eigenvalue weighted by atomic mass is 10.2. The Morgan fingerprint density at radius 2 is 1.94 bits per heavy atom. The number of fused-ring (bicyclic) bond motifs is 2. The fourth-order valence-electron chi connectivity index (χ4n) is 2.88. The van der Waals surface area contributed by atoms with E-state index in [9.17, 15) is 18.0 Å². The number of aromatic amines is 1. The van der Waals surface area contributed by atoms with Crippen LogP contribution in [0, 0.1) is 0 Å². The molecule has 1 amide bonds. The van der Waals surface area contributed by atoms with E-state index in [1.54, 1.807) is 18.2 Å². The van der Waals surface area contributed by atoms with Crippen molar-refractivity contribution in [2.75, 3.05) is 5.32 Å². The van der Waals surface area contributed by atoms with E-state index in [1.807, 2.05) is 0 Å². The molecule has 1 aromatic carbocycles. The van der Waals surface area contributed by atoms with E-state index in [0.717, 1.165) is 0 Å². The van der Waals surface area contributed by atoms with Gasteiger partial charge in [0.1, 0.15) is 23.7 Å². The summed E-state index contributed by atoms with van der Waals surface area (Å²) in [5.41, 5.74) is 1.17. The van der Waals surface area contributed by atoms with Gasteiger partial charge < -0.3 is 15.0 Å². The van der Waals surface area contributed by atoms with E-state index < -0.39 is 34.0 Å². The van der Waals surface area contributed by atoms with Gasteiger partial charge in [-0.2, -0.15) is 0 Å². The van der Waals surface area contributed by atoms with Crippen LogP contribution in [-0.2, 0) is 24.3 Å². The summed E-state index contributed by atoms with van der Waals surface area (Å²) in [6.45, 7) is 2.83. The smallest absolute Gasteiger partial charge is 0.331 e. The second-order valence-electron chi connectivity index (χ2n) is 6.65. The minimum absolute atomic E-state index is 0.0415. The molecule has 1 aliphatic heterocycles. The maximum Gasteiger partial charge on any atom is 0.331 e. The molecule has 3 N–H and O–H groups in total. The molecular formula is C18H17N7O5S. The fourth-order valence-corrected chi connectivity index (χ4v) is 4.12. The molecule has 31 heavy (non-hydrogen) atoms. The van der Waals surface area contributed by atoms with Crippen LogP contribution in [0.5, 0.6) is 0 Å². The molecule has 0 aliphatic carbocycles. The highest BCUT2D eigenvalue weighted by Crippen LogP contribution is 2.22. The number of aliphatic imine (C=N–C) groups is 1. The van der Waals surface area contributed by atoms with Gasteiger partial charge in [0.15, 0.2) is 17.6 Å². The molecule has 3 aromatic rings. The maximum atomic E-state index is 12.4. The Labute approximate surface area is 176 Å². The fraction of sp³-hybridized carbons (Fsp3) is 0.222. The van der Waals surface area contributed by atoms with E-state index in [0.29, 0.717) is 16.7 Å². The average Bonchev–Trinajstić information content (AvgIpc) is 3.31. The first kappa shape index (κ1) is 20.4. The first-order chi connectivity index (χ1) is 14.8. The SMILES string of the molecule is CC(OC(=O)[C@H](C)N=C1NS(=O)(=O)c2ccccc21)C(=O)Nc1ncnc2nc[nH]c12. The zero-order valence-corrected chi connectivity index (χ0v) is 17.2. The van der Waals surface area contributed by atoms with Gasteiger partial charge in [-0.05, 0) is 26.0 Å². The average molecular weight is 443 g/mol. The number of anilines is 1. The molecule has 1 aliphatic rings. The molecule has 0 bridgehead atoms. The number of hydrogen-bond donors (Lipinski definition) is 3. The monoisotopic (exact) mass is 443 g/mol. The van der Waals surface area contributed by atoms with E-state index in [1.165, 1.54) is 32.6 Å². The zero-order valence-electron chi connectivity index (χ0n) is 16.4. The summed E-state index contributed by atoms with van der Waals surface area (Å²) in [5.74, 6) is -1.18. The number of H-pyrrole nitrogens is 1. The Morgan fingerprint density at radius 1 is 1.16 bits per heavy atom. The number of rotatable bonds is 5. The second-order valence-corrected chi connectivity index (χ2v) is 8.30. The number of imidazole rings is 1. The van der Waals surface area contributed by atoms with Gasteiger partial charge in [-0.1, -0.05) is 12.1 Å². The van der Waals surface area contributed by atoms with Crippen molar-refractivity contribution in [1.29, 1.82) is 0 Å². The number of carbonyl (C=O) groups excluding carboxylic acids is 2. The van der Waals surface area contributed by atoms with Crippen molar-refractivity contribution in [2.45, 2.75) is 30.9 Å². The summed E-state index contributed by atoms with van der Waals surface area (Å²) in [5, 5.41) is 2.55. The van der Waals surface area contributed by atoms with Gasteiger partial charge in [-0.15, -0.1) is 0 Å². The van der Waals surface area contributed by atoms with E-state index in [4.69, 9.17) is 4.74 Å². The van der Waals surface area contributed by atoms with Crippen LogP contribution >= 0.6 is 0 Å². The molecule has 12 nitrogen and oxygen atoms in total. The van der Waals surface area contributed by atoms with Crippen molar-refractivity contribution in [2.24, 2.45) is 4.99 Å². The number of nitrogens with zero attached hydrogens (tertiary/aromatic N) is 4. The molecule has 13 heteroatoms. The van der Waals surface area contributed by atoms with Crippen LogP contribution in [0.1, 0.15) is 19.4 Å². The van der Waals surface area contributed by atoms with Crippen LogP contribution in [0.25, 0.3) is 11.2 Å². The van der Waals surface area contributed by atoms with E-state index in [2.05, 4.69) is 35.0 Å². The zero-order chi connectivity index (χ0) is 22.2. The number of aromatic nitrogens is 4. The predicted molar refractivity (Wildman–Crippen MR) is 109 cm³/mol. The quantitative estimate of drug-likeness (QED) is 0.475. The number of amidine groups is 1. The number of ether oxygens (including phenoxy) is 1. The van der Waals surface area contributed by atoms with Crippen LogP contribution in [0.2, 0.25) is 0 Å². The molecule has 3 heterocycles. The van der Waals surface area contributed by atoms with Crippen molar-refractivity contribution >= 4 is 44.7 Å². The Balaban J connectivity index is 1.44. The van der Waals surface area contributed by atoms with Gasteiger partial charge in [0.2, 0.25) is 0 Å². The van der Waals surface area contributed by atoms with Crippen molar-refractivity contribution < 1.29 is 22.7 Å². The molecule has 0 radical (unpaired) electrons. The topological polar surface area (TPSA) is 168 Å². The van der Waals surface area contributed by atoms with E-state index >= 15 is 0 Å². The standard InChI is InChI=1S/C18H17N7O5S/c1-9(23-14-11-5-3-4-6-12(11)31(28,29)25-14)18(27)30-10(2)17(26)24-16-13-15(20-7-19-13)21-8-22-16/h3-10H,1-2H3,(H,23,25)(H2,19,20,21,22,24,26)/t9-,10?/m0/s1. The number of carbonyl (C=O) groups is 2. The van der Waals surface area contributed by atoms with Gasteiger partial charge in [-0.3, -0.25) is 14.5 Å². The van der Waals surface area contributed by atoms with Crippen molar-refractivity contribution in [3.63, 3.8) is 0 Å². The number of sulfonamides is 1. The molecule has 0 saturated heterocycles. The molecule has 0 saturated carbocycles. The van der Waals surface area contributed by atoms with Crippen LogP contribution in [0.4, 0.5) is 5.82 Å². The summed E-state index contributed by atoms with van der Waals surface area (Å²) >= 11 is 0. The molecule has 1 unspecified atom stereocenters. The Morgan fingerprint density at radius 3 is 2.74 bits per heavy atom. The van der Waals surface area contributed by atoms with Crippen molar-refractivity contribution in [3.8, 4) is 0 Å². The molecule has 4 rings (SSSR count). The first-order valence-electron chi connectivity index (χ1n) is 9.11. The van der Waals surface area contributed by atoms with Gasteiger partial charge in [0.25, 0.3) is 15.9 Å². The van der Waals surface area contributed by atoms with E-state index in [-0.39, 0.29) is 16.5 Å². The molecule has 0 fully saturated rings. The molecular weight excluding hydrogens is 426 g/mol. The lowest BCUT2D eigenvalue weighted by Gasteiger charge is -2.15. The van der Waals surface area contributed by atoms with Gasteiger partial charge in [0.05, 0.1) is 11.2 Å². The minimum Gasteiger partial charge on any atom is -0.451 e. The summed E-state index contributed by atoms with van der Waals surface area (Å²) < 4.78 is 31.8. The van der Waals surface area contributed by atoms with Crippen molar-refractivity contribution in [1.82, 2.24) is 24.7 Å². The number of hydrogen-bond acceptors (Lipinski definition) is 9. The van der Waals surface area contributed by atoms with Crippen LogP contribution in [0.3, 0.4) is 0 Å². The summed E-state index contributed by atoms with van der Waals surface area (Å²) in [4.78, 5) is 43.8. The normalized spacial score (nSPS) is 17.5. The van der Waals surface area contributed by atoms with Crippen LogP contribution < -0.4 is 10.0 Å². The largest absolute Gasteiger partial charge is 0.451 e. The third kappa shape index (κ3) is 3.94. The highest BCUT2D eigenvalue weighted by Gasteiger charge is 2.32. The van der Waals surface area contributed by atoms with Crippen molar-refractivity contribution in [3.05, 3.63) is 42.5 Å². The maximum absolute atomic E-state index is 12.4. The van der Waals surface area contributed by atoms with Gasteiger partial charge in [0, 0.05) is 5.56 Å². The van der Waals surface area contributed by atoms with Crippen LogP contribution in [0.15, 0.2) is 46.8 Å². The summed E-state index contributed by atoms with van der Waals surface area (Å²) in [6.07, 6.45) is 1.50. The molecule has 2 aromatic heterocycles. The summed E-state index contributed by atoms with van der Waals surface area (Å²) in [6, 6.07) is 5.22. The third-order valence-corrected chi connectivity index (χ3v) is 5.85. The Hall–Kier alpha value is -3.87. The minimum atomic E-state index is -3.73. The number of amides is 1. The Kier molecular flexibility index (Phi) is 5.10. The highest BCUT2D eigenvalue weighted by atomic mass is 32.2. The predicted octanol–water partition coefficient (Wildman–Crippen LogP) is 0.350. The Bertz CT molecular complexity index is 1320. The highest BCUT2D eigenvalue weighted by molar-refractivity contribution is 7.90. The van der Waals surface area contributed by atoms with Gasteiger partial charge >= 0.3 is 5.97 Å². The lowest BCUT2D eigenvalue weighted by molar-refractivity contribution is -0.154. The first-order valence-corrected chi connectivity index (χ1v) is 10.6. The lowest BCUT2D eigenvalue weighted by Crippen LogP contribution is -2.34.